The summed E-state index contributed by atoms with van der Waals surface area (Å²) in [5.41, 5.74) is -0.293. The number of phosphoric ester groups is 1. The predicted octanol–water partition coefficient (Wildman–Crippen LogP) is 2.93. The van der Waals surface area contributed by atoms with Crippen LogP contribution in [0.3, 0.4) is 0 Å². The molecular weight excluding hydrogens is 781 g/mol. The van der Waals surface area contributed by atoms with Crippen molar-refractivity contribution in [2.45, 2.75) is 46.1 Å². The fraction of sp³-hybridized carbons (Fsp3) is 0.706. The number of aromatic nitrogens is 4. The molecule has 0 aliphatic carbocycles. The molecule has 6 atom stereocenters. The molecule has 3 rings (SSSR count). The Morgan fingerprint density at radius 3 is 2.35 bits per heavy atom. The number of aliphatic hydroxyl groups is 2. The molecule has 3 heterocycles. The van der Waals surface area contributed by atoms with Crippen LogP contribution in [0.25, 0.3) is 11.2 Å². The van der Waals surface area contributed by atoms with E-state index in [9.17, 15) is 51.8 Å². The minimum atomic E-state index is -6.00. The number of thioether (sulfide) groups is 2. The van der Waals surface area contributed by atoms with E-state index >= 15 is 0 Å². The van der Waals surface area contributed by atoms with Crippen molar-refractivity contribution in [1.29, 1.82) is 0 Å². The van der Waals surface area contributed by atoms with Gasteiger partial charge in [0, 0.05) is 11.5 Å². The normalized spacial score (nSPS) is 23.7. The van der Waals surface area contributed by atoms with E-state index in [1.54, 1.807) is 6.26 Å². The van der Waals surface area contributed by atoms with Crippen LogP contribution in [0.4, 0.5) is 19.0 Å². The molecule has 0 spiro atoms. The first kappa shape index (κ1) is 39.8. The van der Waals surface area contributed by atoms with E-state index in [0.29, 0.717) is 17.5 Å². The number of halogens is 5. The molecule has 0 radical (unpaired) electrons. The summed E-state index contributed by atoms with van der Waals surface area (Å²) in [5, 5.41) is 24.8. The molecule has 46 heavy (non-hydrogen) atoms. The Morgan fingerprint density at radius 2 is 1.78 bits per heavy atom. The fourth-order valence-electron chi connectivity index (χ4n) is 3.58. The first-order valence-corrected chi connectivity index (χ1v) is 19.9. The molecule has 1 aliphatic rings. The lowest BCUT2D eigenvalue weighted by atomic mass is 10.1. The lowest BCUT2D eigenvalue weighted by Crippen LogP contribution is -2.33. The van der Waals surface area contributed by atoms with Crippen molar-refractivity contribution in [3.05, 3.63) is 11.2 Å². The molecule has 29 heteroatoms. The molecule has 0 amide bonds. The van der Waals surface area contributed by atoms with Gasteiger partial charge in [0.25, 0.3) is 0 Å². The van der Waals surface area contributed by atoms with E-state index < -0.39 is 76.3 Å². The molecule has 6 N–H and O–H groups in total. The maximum Gasteiger partial charge on any atom is 0.479 e. The zero-order chi connectivity index (χ0) is 34.9. The summed E-state index contributed by atoms with van der Waals surface area (Å²) in [5.74, 6) is -0.311. The van der Waals surface area contributed by atoms with Gasteiger partial charge in [-0.15, -0.1) is 4.91 Å². The van der Waals surface area contributed by atoms with E-state index in [1.165, 1.54) is 11.8 Å². The van der Waals surface area contributed by atoms with Gasteiger partial charge in [-0.25, -0.2) is 28.8 Å². The summed E-state index contributed by atoms with van der Waals surface area (Å²) in [6.45, 7) is -1.14. The monoisotopic (exact) mass is 804 g/mol. The van der Waals surface area contributed by atoms with Crippen LogP contribution in [0.1, 0.15) is 12.6 Å². The molecule has 2 unspecified atom stereocenters. The summed E-state index contributed by atoms with van der Waals surface area (Å²) in [6, 6.07) is 0. The third-order valence-corrected chi connectivity index (χ3v) is 14.9. The number of rotatable bonds is 16. The Morgan fingerprint density at radius 1 is 1.13 bits per heavy atom. The van der Waals surface area contributed by atoms with Crippen molar-refractivity contribution < 1.29 is 70.2 Å². The second-order valence-electron chi connectivity index (χ2n) is 9.03. The first-order valence-electron chi connectivity index (χ1n) is 12.1. The van der Waals surface area contributed by atoms with Crippen molar-refractivity contribution in [2.24, 2.45) is 5.29 Å². The molecule has 19 nitrogen and oxygen atoms in total. The topological polar surface area (TPSA) is 277 Å². The average Bonchev–Trinajstić information content (AvgIpc) is 3.46. The van der Waals surface area contributed by atoms with E-state index in [2.05, 4.69) is 29.1 Å². The molecule has 2 aromatic rings. The van der Waals surface area contributed by atoms with Gasteiger partial charge in [0.05, 0.1) is 31.2 Å². The van der Waals surface area contributed by atoms with Crippen molar-refractivity contribution in [2.75, 3.05) is 35.9 Å². The summed E-state index contributed by atoms with van der Waals surface area (Å²) in [7, 11) is -17.5. The number of imidazole rings is 1. The number of alkyl halides is 5. The predicted molar refractivity (Wildman–Crippen MR) is 157 cm³/mol. The van der Waals surface area contributed by atoms with Gasteiger partial charge in [-0.1, -0.05) is 35.0 Å². The number of ether oxygens (including phenoxy) is 1. The van der Waals surface area contributed by atoms with Crippen LogP contribution >= 0.6 is 69.7 Å². The van der Waals surface area contributed by atoms with Gasteiger partial charge in [0.15, 0.2) is 28.4 Å². The van der Waals surface area contributed by atoms with Gasteiger partial charge >= 0.3 is 33.0 Å². The van der Waals surface area contributed by atoms with E-state index in [1.807, 2.05) is 0 Å². The summed E-state index contributed by atoms with van der Waals surface area (Å²) >= 11 is 12.4. The molecule has 1 fully saturated rings. The fourth-order valence-corrected chi connectivity index (χ4v) is 8.99. The van der Waals surface area contributed by atoms with Crippen LogP contribution in [0.2, 0.25) is 0 Å². The summed E-state index contributed by atoms with van der Waals surface area (Å²) < 4.78 is 85.2. The van der Waals surface area contributed by atoms with Crippen LogP contribution in [0, 0.1) is 4.91 Å². The van der Waals surface area contributed by atoms with Gasteiger partial charge in [-0.05, 0) is 6.26 Å². The lowest BCUT2D eigenvalue weighted by molar-refractivity contribution is -0.129. The Balaban J connectivity index is 1.88. The molecule has 262 valence electrons. The largest absolute Gasteiger partial charge is 0.479 e. The van der Waals surface area contributed by atoms with Gasteiger partial charge < -0.3 is 34.5 Å². The molecular formula is C17H24Cl2F3N6O13P3S2. The van der Waals surface area contributed by atoms with Crippen molar-refractivity contribution in [3.8, 4) is 0 Å². The molecule has 0 aromatic carbocycles. The quantitative estimate of drug-likeness (QED) is 0.0355. The van der Waals surface area contributed by atoms with E-state index in [0.717, 1.165) is 15.9 Å². The van der Waals surface area contributed by atoms with E-state index in [4.69, 9.17) is 37.7 Å². The van der Waals surface area contributed by atoms with Gasteiger partial charge in [0.2, 0.25) is 0 Å². The molecule has 1 saturated heterocycles. The Hall–Kier alpha value is -0.650. The maximum atomic E-state index is 12.7. The van der Waals surface area contributed by atoms with Gasteiger partial charge in [-0.2, -0.15) is 24.9 Å². The average molecular weight is 805 g/mol. The van der Waals surface area contributed by atoms with Crippen LogP contribution in [0.15, 0.2) is 16.8 Å². The Kier molecular flexibility index (Phi) is 13.0. The zero-order valence-corrected chi connectivity index (χ0v) is 28.5. The minimum Gasteiger partial charge on any atom is -0.387 e. The third-order valence-electron chi connectivity index (χ3n) is 5.77. The highest BCUT2D eigenvalue weighted by molar-refractivity contribution is 7.99. The smallest absolute Gasteiger partial charge is 0.387 e. The highest BCUT2D eigenvalue weighted by Gasteiger charge is 2.62. The van der Waals surface area contributed by atoms with Gasteiger partial charge in [0.1, 0.15) is 18.3 Å². The standard InChI is InChI=1S/C17H24Cl2F3N6O13P3S2/c1-45-5-3-28(26-31)13-9-12(24-15(25-13)46-4-2-16(20,21)22)27(7-23-9)14-11(30)10(29)8(40-14)6-39-44(37,38)41-43(35,36)17(18,19)42(32,33)34/h7-8,10-11,14,29-30H,2-6H2,1H3,(H,35,36)(H,37,38)(H2,32,33,34)/t8-,10-,11-,14-/m1/s1. The summed E-state index contributed by atoms with van der Waals surface area (Å²) in [4.78, 5) is 61.8. The lowest BCUT2D eigenvalue weighted by Gasteiger charge is -2.26. The number of phosphoric acid groups is 1. The summed E-state index contributed by atoms with van der Waals surface area (Å²) in [6.07, 6.45) is -9.99. The second kappa shape index (κ2) is 15.1. The minimum absolute atomic E-state index is 0.0176. The van der Waals surface area contributed by atoms with Crippen LogP contribution in [0.5, 0.6) is 0 Å². The number of hydrogen-bond acceptors (Lipinski definition) is 15. The molecule has 2 aromatic heterocycles. The number of nitrogens with zero attached hydrogens (tertiary/aromatic N) is 6. The van der Waals surface area contributed by atoms with Crippen LogP contribution in [-0.4, -0.2) is 109 Å². The van der Waals surface area contributed by atoms with Crippen LogP contribution in [-0.2, 0) is 27.3 Å². The third kappa shape index (κ3) is 9.32. The number of anilines is 1. The molecule has 0 bridgehead atoms. The van der Waals surface area contributed by atoms with E-state index in [-0.39, 0.29) is 28.7 Å². The Labute approximate surface area is 274 Å². The first-order chi connectivity index (χ1) is 21.0. The van der Waals surface area contributed by atoms with Crippen molar-refractivity contribution in [1.82, 2.24) is 19.5 Å². The second-order valence-corrected chi connectivity index (χ2v) is 19.1. The number of nitroso groups, excluding NO2 is 1. The zero-order valence-electron chi connectivity index (χ0n) is 22.7. The van der Waals surface area contributed by atoms with Crippen molar-refractivity contribution >= 4 is 86.7 Å². The molecule has 1 aliphatic heterocycles. The van der Waals surface area contributed by atoms with Gasteiger partial charge in [-0.3, -0.25) is 18.2 Å². The highest BCUT2D eigenvalue weighted by atomic mass is 35.5. The highest BCUT2D eigenvalue weighted by Crippen LogP contribution is 2.79. The SMILES string of the molecule is CSCCN(N=O)c1nc(SCCC(F)(F)F)nc2c1ncn2[C@@H]1O[C@H](COP(=O)(O)OP(=O)(O)C(Cl)(Cl)P(=O)(O)O)[C@@H](O)[C@H]1O. The Bertz CT molecular complexity index is 1560. The van der Waals surface area contributed by atoms with Crippen LogP contribution < -0.4 is 5.01 Å². The number of aliphatic hydroxyl groups excluding tert-OH is 2. The maximum absolute atomic E-state index is 12.7. The number of hydrogen-bond donors (Lipinski definition) is 6. The molecule has 0 saturated carbocycles. The number of fused-ring (bicyclic) bond motifs is 1. The van der Waals surface area contributed by atoms with Crippen molar-refractivity contribution in [3.63, 3.8) is 0 Å².